The van der Waals surface area contributed by atoms with E-state index in [0.717, 1.165) is 62.3 Å². The highest BCUT2D eigenvalue weighted by atomic mass is 32.1. The first-order valence-electron chi connectivity index (χ1n) is 28.6. The molecule has 7 heteroatoms. The van der Waals surface area contributed by atoms with E-state index in [2.05, 4.69) is 57.2 Å². The number of rotatable bonds is 39. The van der Waals surface area contributed by atoms with E-state index in [-0.39, 0.29) is 11.6 Å². The Labute approximate surface area is 437 Å². The molecule has 3 aromatic carbocycles. The molecular weight excluding hydrogens is 913 g/mol. The first-order chi connectivity index (χ1) is 35.0. The molecule has 5 nitrogen and oxygen atoms in total. The number of hydrogen-bond acceptors (Lipinski definition) is 7. The van der Waals surface area contributed by atoms with Crippen LogP contribution in [0.15, 0.2) is 78.9 Å². The molecule has 0 unspecified atom stereocenters. The maximum absolute atomic E-state index is 13.6. The number of unbranched alkanes of at least 4 members (excludes halogenated alkanes) is 27. The smallest absolute Gasteiger partial charge is 0.203 e. The summed E-state index contributed by atoms with van der Waals surface area (Å²) in [6, 6.07) is 25.9. The number of carbonyl (C=O) groups is 2. The van der Waals surface area contributed by atoms with Crippen molar-refractivity contribution < 1.29 is 23.8 Å². The Hall–Kier alpha value is -4.20. The van der Waals surface area contributed by atoms with Crippen LogP contribution in [0.5, 0.6) is 17.2 Å². The summed E-state index contributed by atoms with van der Waals surface area (Å²) in [6.07, 6.45) is 38.7. The van der Waals surface area contributed by atoms with Gasteiger partial charge < -0.3 is 14.2 Å². The average molecular weight is 1000 g/mol. The van der Waals surface area contributed by atoms with Gasteiger partial charge in [0, 0.05) is 41.8 Å². The predicted octanol–water partition coefficient (Wildman–Crippen LogP) is 20.5. The molecule has 0 saturated heterocycles. The van der Waals surface area contributed by atoms with E-state index in [1.54, 1.807) is 34.8 Å². The summed E-state index contributed by atoms with van der Waals surface area (Å²) in [7, 11) is 0. The minimum absolute atomic E-state index is 0.0897. The van der Waals surface area contributed by atoms with Gasteiger partial charge in [-0.25, -0.2) is 0 Å². The van der Waals surface area contributed by atoms with E-state index in [4.69, 9.17) is 14.2 Å². The summed E-state index contributed by atoms with van der Waals surface area (Å²) in [5, 5.41) is 0. The summed E-state index contributed by atoms with van der Waals surface area (Å²) in [5.74, 6) is 2.16. The van der Waals surface area contributed by atoms with Crippen LogP contribution < -0.4 is 14.2 Å². The van der Waals surface area contributed by atoms with E-state index >= 15 is 0 Å². The third-order valence-corrected chi connectivity index (χ3v) is 16.7. The average Bonchev–Trinajstić information content (AvgIpc) is 4.10. The molecule has 0 bridgehead atoms. The number of hydrogen-bond donors (Lipinski definition) is 0. The second-order valence-corrected chi connectivity index (χ2v) is 22.4. The SMILES string of the molecule is CCCCCCCCCCCCOc1cc(-c2ccc(-c3ccc(-c4ccc5c(c4)C(=O)c4ccccc4C5=O)s3)s2)cc(OCCCCCCCCCCCC)c1OCCCCCCCCCCCC. The van der Waals surface area contributed by atoms with Crippen LogP contribution in [0.1, 0.15) is 245 Å². The highest BCUT2D eigenvalue weighted by Crippen LogP contribution is 2.46. The number of thiophene rings is 2. The van der Waals surface area contributed by atoms with Crippen LogP contribution in [-0.4, -0.2) is 31.4 Å². The molecule has 386 valence electrons. The van der Waals surface area contributed by atoms with Gasteiger partial charge in [0.05, 0.1) is 19.8 Å². The molecule has 1 aliphatic rings. The standard InChI is InChI=1S/C64H88O5S2/c1-4-7-10-13-16-19-22-25-28-33-44-67-56-48-51(49-57(68-45-34-29-26-23-20-17-14-11-8-5-2)64(56)69-46-35-30-27-24-21-18-15-12-9-6-3)59-41-43-61(71-59)60-42-40-58(70-60)50-38-39-54-55(47-50)63(66)53-37-32-31-36-52(53)62(54)65/h31-32,36-43,47-49H,4-30,33-35,44-46H2,1-3H3. The molecule has 0 atom stereocenters. The fraction of sp³-hybridized carbons (Fsp3) is 0.562. The predicted molar refractivity (Wildman–Crippen MR) is 304 cm³/mol. The Balaban J connectivity index is 1.15. The molecule has 71 heavy (non-hydrogen) atoms. The first kappa shape index (κ1) is 56.1. The van der Waals surface area contributed by atoms with Crippen LogP contribution in [0.3, 0.4) is 0 Å². The molecule has 5 aromatic rings. The zero-order valence-corrected chi connectivity index (χ0v) is 45.8. The van der Waals surface area contributed by atoms with Gasteiger partial charge in [-0.2, -0.15) is 0 Å². The number of carbonyl (C=O) groups excluding carboxylic acids is 2. The van der Waals surface area contributed by atoms with Crippen molar-refractivity contribution in [3.8, 4) is 47.9 Å². The maximum atomic E-state index is 13.6. The van der Waals surface area contributed by atoms with Gasteiger partial charge in [-0.3, -0.25) is 9.59 Å². The van der Waals surface area contributed by atoms with E-state index in [1.807, 2.05) is 30.3 Å². The Morgan fingerprint density at radius 3 is 1.08 bits per heavy atom. The Morgan fingerprint density at radius 2 is 0.662 bits per heavy atom. The normalized spacial score (nSPS) is 12.1. The number of fused-ring (bicyclic) bond motifs is 2. The van der Waals surface area contributed by atoms with Crippen molar-refractivity contribution in [1.82, 2.24) is 0 Å². The molecular formula is C64H88O5S2. The largest absolute Gasteiger partial charge is 0.490 e. The maximum Gasteiger partial charge on any atom is 0.203 e. The molecule has 6 rings (SSSR count). The van der Waals surface area contributed by atoms with Gasteiger partial charge >= 0.3 is 0 Å². The van der Waals surface area contributed by atoms with Crippen LogP contribution in [0.2, 0.25) is 0 Å². The third-order valence-electron chi connectivity index (χ3n) is 14.2. The van der Waals surface area contributed by atoms with Gasteiger partial charge in [0.15, 0.2) is 23.1 Å². The molecule has 2 aromatic heterocycles. The molecule has 0 radical (unpaired) electrons. The van der Waals surface area contributed by atoms with Gasteiger partial charge in [0.25, 0.3) is 0 Å². The van der Waals surface area contributed by atoms with Crippen molar-refractivity contribution in [3.05, 3.63) is 101 Å². The van der Waals surface area contributed by atoms with Crippen molar-refractivity contribution in [2.75, 3.05) is 19.8 Å². The van der Waals surface area contributed by atoms with Crippen molar-refractivity contribution >= 4 is 34.2 Å². The van der Waals surface area contributed by atoms with Gasteiger partial charge in [-0.15, -0.1) is 22.7 Å². The minimum Gasteiger partial charge on any atom is -0.490 e. The van der Waals surface area contributed by atoms with Crippen LogP contribution in [0.4, 0.5) is 0 Å². The summed E-state index contributed by atoms with van der Waals surface area (Å²) in [5.41, 5.74) is 3.95. The first-order valence-corrected chi connectivity index (χ1v) is 30.2. The Morgan fingerprint density at radius 1 is 0.324 bits per heavy atom. The van der Waals surface area contributed by atoms with Crippen molar-refractivity contribution in [2.24, 2.45) is 0 Å². The van der Waals surface area contributed by atoms with Crippen LogP contribution in [-0.2, 0) is 0 Å². The molecule has 0 spiro atoms. The molecule has 0 fully saturated rings. The lowest BCUT2D eigenvalue weighted by Crippen LogP contribution is -2.20. The molecule has 0 aliphatic heterocycles. The fourth-order valence-corrected chi connectivity index (χ4v) is 12.0. The van der Waals surface area contributed by atoms with Crippen molar-refractivity contribution in [1.29, 1.82) is 0 Å². The minimum atomic E-state index is -0.0920. The van der Waals surface area contributed by atoms with Crippen LogP contribution in [0, 0.1) is 0 Å². The summed E-state index contributed by atoms with van der Waals surface area (Å²) < 4.78 is 20.2. The fourth-order valence-electron chi connectivity index (χ4n) is 9.89. The zero-order valence-electron chi connectivity index (χ0n) is 44.2. The second kappa shape index (κ2) is 32.8. The zero-order chi connectivity index (χ0) is 49.7. The van der Waals surface area contributed by atoms with Crippen molar-refractivity contribution in [3.63, 3.8) is 0 Å². The lowest BCUT2D eigenvalue weighted by atomic mass is 9.83. The number of benzene rings is 3. The summed E-state index contributed by atoms with van der Waals surface area (Å²) in [6.45, 7) is 8.84. The Kier molecular flexibility index (Phi) is 25.9. The van der Waals surface area contributed by atoms with Gasteiger partial charge in [-0.1, -0.05) is 224 Å². The molecule has 0 N–H and O–H groups in total. The molecule has 0 amide bonds. The van der Waals surface area contributed by atoms with Crippen LogP contribution >= 0.6 is 22.7 Å². The van der Waals surface area contributed by atoms with E-state index in [1.165, 1.54) is 178 Å². The quantitative estimate of drug-likeness (QED) is 0.0360. The van der Waals surface area contributed by atoms with E-state index in [0.29, 0.717) is 42.1 Å². The highest BCUT2D eigenvalue weighted by molar-refractivity contribution is 7.25. The molecule has 0 saturated carbocycles. The van der Waals surface area contributed by atoms with Crippen LogP contribution in [0.25, 0.3) is 30.6 Å². The van der Waals surface area contributed by atoms with E-state index in [9.17, 15) is 9.59 Å². The summed E-state index contributed by atoms with van der Waals surface area (Å²) in [4.78, 5) is 31.4. The van der Waals surface area contributed by atoms with Gasteiger partial charge in [0.2, 0.25) is 5.75 Å². The number of ether oxygens (including phenoxy) is 3. The number of ketones is 2. The molecule has 2 heterocycles. The summed E-state index contributed by atoms with van der Waals surface area (Å²) >= 11 is 3.48. The van der Waals surface area contributed by atoms with E-state index < -0.39 is 0 Å². The lowest BCUT2D eigenvalue weighted by molar-refractivity contribution is 0.0979. The second-order valence-electron chi connectivity index (χ2n) is 20.2. The third kappa shape index (κ3) is 18.4. The lowest BCUT2D eigenvalue weighted by Gasteiger charge is -2.19. The van der Waals surface area contributed by atoms with Crippen molar-refractivity contribution in [2.45, 2.75) is 213 Å². The van der Waals surface area contributed by atoms with Gasteiger partial charge in [-0.05, 0) is 78.9 Å². The van der Waals surface area contributed by atoms with Gasteiger partial charge in [0.1, 0.15) is 0 Å². The topological polar surface area (TPSA) is 61.8 Å². The highest BCUT2D eigenvalue weighted by Gasteiger charge is 2.29. The Bertz CT molecular complexity index is 2250. The molecule has 1 aliphatic carbocycles. The monoisotopic (exact) mass is 1000 g/mol.